The van der Waals surface area contributed by atoms with E-state index in [1.165, 1.54) is 0 Å². The molecule has 2 amide bonds. The maximum atomic E-state index is 13.0. The summed E-state index contributed by atoms with van der Waals surface area (Å²) >= 11 is 0. The van der Waals surface area contributed by atoms with Crippen molar-refractivity contribution in [3.63, 3.8) is 0 Å². The monoisotopic (exact) mass is 462 g/mol. The summed E-state index contributed by atoms with van der Waals surface area (Å²) in [4.78, 5) is 50.6. The molecule has 184 valence electrons. The molecule has 2 aliphatic heterocycles. The summed E-state index contributed by atoms with van der Waals surface area (Å²) in [6, 6.07) is 0. The van der Waals surface area contributed by atoms with Crippen molar-refractivity contribution in [3.8, 4) is 0 Å². The van der Waals surface area contributed by atoms with Gasteiger partial charge in [0.25, 0.3) is 11.8 Å². The Kier molecular flexibility index (Phi) is 5.23. The molecule has 0 aromatic carbocycles. The van der Waals surface area contributed by atoms with E-state index in [4.69, 9.17) is 9.47 Å². The lowest BCUT2D eigenvalue weighted by Crippen LogP contribution is -2.53. The van der Waals surface area contributed by atoms with Crippen LogP contribution in [0.15, 0.2) is 0 Å². The summed E-state index contributed by atoms with van der Waals surface area (Å²) in [5, 5.41) is 5.92. The van der Waals surface area contributed by atoms with Crippen LogP contribution in [-0.4, -0.2) is 48.0 Å². The summed E-state index contributed by atoms with van der Waals surface area (Å²) in [6.07, 6.45) is 4.78. The van der Waals surface area contributed by atoms with Crippen molar-refractivity contribution < 1.29 is 28.7 Å². The van der Waals surface area contributed by atoms with E-state index in [1.54, 1.807) is 0 Å². The molecular formula is C25H38N2O6. The normalized spacial score (nSPS) is 39.3. The van der Waals surface area contributed by atoms with Crippen LogP contribution < -0.4 is 10.6 Å². The minimum atomic E-state index is -1.08. The lowest BCUT2D eigenvalue weighted by molar-refractivity contribution is -0.168. The third kappa shape index (κ3) is 2.75. The third-order valence-corrected chi connectivity index (χ3v) is 10.3. The number of fused-ring (bicyclic) bond motifs is 4. The fourth-order valence-corrected chi connectivity index (χ4v) is 6.61. The van der Waals surface area contributed by atoms with Gasteiger partial charge >= 0.3 is 11.9 Å². The standard InChI is InChI=1S/C25H38N2O6/c1-20(2)22(5)10-12-24(20,32-18(22)30)16(28)26-14-8-7-9-15-27-17(29)25-13-11-23(6,19(31)33-25)21(25,3)4/h7-15H2,1-6H3,(H,26,28)(H,27,29)/t22-,23-,24-,25+/m1/s1. The van der Waals surface area contributed by atoms with Crippen LogP contribution in [0, 0.1) is 21.7 Å². The van der Waals surface area contributed by atoms with E-state index in [0.29, 0.717) is 38.8 Å². The first-order chi connectivity index (χ1) is 15.2. The molecule has 0 spiro atoms. The quantitative estimate of drug-likeness (QED) is 0.424. The highest BCUT2D eigenvalue weighted by molar-refractivity contribution is 5.97. The Morgan fingerprint density at radius 1 is 0.667 bits per heavy atom. The second kappa shape index (κ2) is 7.19. The van der Waals surface area contributed by atoms with Crippen molar-refractivity contribution in [1.29, 1.82) is 0 Å². The van der Waals surface area contributed by atoms with E-state index in [-0.39, 0.29) is 23.8 Å². The zero-order chi connectivity index (χ0) is 24.5. The van der Waals surface area contributed by atoms with Crippen LogP contribution in [-0.2, 0) is 28.7 Å². The van der Waals surface area contributed by atoms with E-state index >= 15 is 0 Å². The van der Waals surface area contributed by atoms with Crippen LogP contribution in [0.25, 0.3) is 0 Å². The number of hydrogen-bond acceptors (Lipinski definition) is 6. The van der Waals surface area contributed by atoms with Gasteiger partial charge < -0.3 is 20.1 Å². The van der Waals surface area contributed by atoms with Crippen LogP contribution in [0.5, 0.6) is 0 Å². The first kappa shape index (κ1) is 24.0. The number of unbranched alkanes of at least 4 members (excludes halogenated alkanes) is 2. The van der Waals surface area contributed by atoms with Crippen LogP contribution in [0.1, 0.15) is 86.5 Å². The first-order valence-electron chi connectivity index (χ1n) is 12.3. The Morgan fingerprint density at radius 3 is 1.30 bits per heavy atom. The van der Waals surface area contributed by atoms with Crippen molar-refractivity contribution in [3.05, 3.63) is 0 Å². The Morgan fingerprint density at radius 2 is 1.03 bits per heavy atom. The smallest absolute Gasteiger partial charge is 0.313 e. The van der Waals surface area contributed by atoms with Gasteiger partial charge in [-0.2, -0.15) is 0 Å². The maximum absolute atomic E-state index is 13.0. The van der Waals surface area contributed by atoms with Gasteiger partial charge in [0.05, 0.1) is 10.8 Å². The maximum Gasteiger partial charge on any atom is 0.313 e. The second-order valence-electron chi connectivity index (χ2n) is 11.9. The van der Waals surface area contributed by atoms with Crippen LogP contribution in [0.3, 0.4) is 0 Å². The van der Waals surface area contributed by atoms with E-state index in [2.05, 4.69) is 10.6 Å². The van der Waals surface area contributed by atoms with Crippen LogP contribution >= 0.6 is 0 Å². The number of hydrogen-bond donors (Lipinski definition) is 2. The Bertz CT molecular complexity index is 841. The minimum Gasteiger partial charge on any atom is -0.448 e. The number of carbonyl (C=O) groups is 4. The van der Waals surface area contributed by atoms with Gasteiger partial charge in [0.2, 0.25) is 0 Å². The molecule has 2 aliphatic carbocycles. The number of carbonyl (C=O) groups excluding carboxylic acids is 4. The molecule has 4 aliphatic rings. The van der Waals surface area contributed by atoms with Crippen LogP contribution in [0.2, 0.25) is 0 Å². The first-order valence-corrected chi connectivity index (χ1v) is 12.3. The van der Waals surface area contributed by atoms with E-state index < -0.39 is 32.9 Å². The molecule has 0 aromatic rings. The largest absolute Gasteiger partial charge is 0.448 e. The predicted molar refractivity (Wildman–Crippen MR) is 120 cm³/mol. The average molecular weight is 463 g/mol. The molecule has 2 saturated heterocycles. The van der Waals surface area contributed by atoms with Gasteiger partial charge in [0.15, 0.2) is 11.2 Å². The number of esters is 2. The summed E-state index contributed by atoms with van der Waals surface area (Å²) in [6.45, 7) is 12.6. The Labute approximate surface area is 195 Å². The van der Waals surface area contributed by atoms with E-state index in [0.717, 1.165) is 19.3 Å². The minimum absolute atomic E-state index is 0.205. The molecular weight excluding hydrogens is 424 g/mol. The Balaban J connectivity index is 1.20. The lowest BCUT2D eigenvalue weighted by Gasteiger charge is -2.35. The van der Waals surface area contributed by atoms with Gasteiger partial charge in [-0.25, -0.2) is 0 Å². The molecule has 0 aromatic heterocycles. The SMILES string of the molecule is CC1(C)[C@@]2(C(=O)NCCCCCNC(=O)[C@@]34CC[C@](C)(C(=O)O3)C4(C)C)CC[C@]1(C)C(=O)O2. The number of amides is 2. The highest BCUT2D eigenvalue weighted by Gasteiger charge is 2.76. The van der Waals surface area contributed by atoms with E-state index in [1.807, 2.05) is 41.5 Å². The van der Waals surface area contributed by atoms with Gasteiger partial charge in [-0.05, 0) is 58.8 Å². The predicted octanol–water partition coefficient (Wildman–Crippen LogP) is 2.63. The second-order valence-corrected chi connectivity index (χ2v) is 11.9. The summed E-state index contributed by atoms with van der Waals surface area (Å²) in [5.74, 6) is -0.960. The van der Waals surface area contributed by atoms with Gasteiger partial charge in [0.1, 0.15) is 0 Å². The molecule has 4 bridgehead atoms. The molecule has 8 heteroatoms. The molecule has 2 heterocycles. The molecule has 2 saturated carbocycles. The topological polar surface area (TPSA) is 111 Å². The molecule has 4 atom stereocenters. The molecule has 2 N–H and O–H groups in total. The zero-order valence-corrected chi connectivity index (χ0v) is 20.8. The zero-order valence-electron chi connectivity index (χ0n) is 20.8. The van der Waals surface area contributed by atoms with Gasteiger partial charge in [0, 0.05) is 23.9 Å². The van der Waals surface area contributed by atoms with Crippen LogP contribution in [0.4, 0.5) is 0 Å². The molecule has 0 unspecified atom stereocenters. The summed E-state index contributed by atoms with van der Waals surface area (Å²) < 4.78 is 11.2. The summed E-state index contributed by atoms with van der Waals surface area (Å²) in [5.41, 5.74) is -4.46. The van der Waals surface area contributed by atoms with Crippen molar-refractivity contribution in [2.24, 2.45) is 21.7 Å². The highest BCUT2D eigenvalue weighted by atomic mass is 16.6. The number of ether oxygens (including phenoxy) is 2. The fraction of sp³-hybridized carbons (Fsp3) is 0.840. The van der Waals surface area contributed by atoms with Gasteiger partial charge in [-0.1, -0.05) is 27.7 Å². The molecule has 4 rings (SSSR count). The lowest BCUT2D eigenvalue weighted by atomic mass is 9.66. The van der Waals surface area contributed by atoms with Crippen molar-refractivity contribution in [2.75, 3.05) is 13.1 Å². The van der Waals surface area contributed by atoms with Gasteiger partial charge in [-0.3, -0.25) is 19.2 Å². The number of rotatable bonds is 8. The third-order valence-electron chi connectivity index (χ3n) is 10.3. The Hall–Kier alpha value is -2.12. The van der Waals surface area contributed by atoms with Crippen molar-refractivity contribution in [1.82, 2.24) is 10.6 Å². The van der Waals surface area contributed by atoms with Crippen molar-refractivity contribution >= 4 is 23.8 Å². The van der Waals surface area contributed by atoms with Gasteiger partial charge in [-0.15, -0.1) is 0 Å². The molecule has 4 fully saturated rings. The highest BCUT2D eigenvalue weighted by Crippen LogP contribution is 2.66. The fourth-order valence-electron chi connectivity index (χ4n) is 6.61. The van der Waals surface area contributed by atoms with E-state index in [9.17, 15) is 19.2 Å². The molecule has 0 radical (unpaired) electrons. The average Bonchev–Trinajstić information content (AvgIpc) is 3.20. The van der Waals surface area contributed by atoms with Crippen molar-refractivity contribution in [2.45, 2.75) is 97.7 Å². The summed E-state index contributed by atoms with van der Waals surface area (Å²) in [7, 11) is 0. The molecule has 8 nitrogen and oxygen atoms in total. The molecule has 33 heavy (non-hydrogen) atoms. The number of nitrogens with one attached hydrogen (secondary N) is 2.